The minimum Gasteiger partial charge on any atom is -0.368 e. The van der Waals surface area contributed by atoms with Crippen LogP contribution in [0.3, 0.4) is 0 Å². The number of benzene rings is 1. The molecule has 11 heteroatoms. The molecular weight excluding hydrogens is 433 g/mol. The zero-order valence-electron chi connectivity index (χ0n) is 16.5. The van der Waals surface area contributed by atoms with Gasteiger partial charge in [-0.3, -0.25) is 4.79 Å². The van der Waals surface area contributed by atoms with Crippen molar-refractivity contribution >= 4 is 34.5 Å². The zero-order valence-corrected chi connectivity index (χ0v) is 17.2. The van der Waals surface area contributed by atoms with Gasteiger partial charge < -0.3 is 14.8 Å². The molecule has 1 amide bonds. The summed E-state index contributed by atoms with van der Waals surface area (Å²) in [6, 6.07) is 4.95. The van der Waals surface area contributed by atoms with E-state index in [-0.39, 0.29) is 11.2 Å². The van der Waals surface area contributed by atoms with Gasteiger partial charge in [-0.1, -0.05) is 12.1 Å². The maximum atomic E-state index is 12.8. The smallest absolute Gasteiger partial charge is 0.368 e. The first-order chi connectivity index (χ1) is 14.8. The van der Waals surface area contributed by atoms with E-state index in [1.54, 1.807) is 10.9 Å². The number of likely N-dealkylation sites (tertiary alicyclic amines) is 1. The van der Waals surface area contributed by atoms with Crippen molar-refractivity contribution in [1.29, 1.82) is 0 Å². The summed E-state index contributed by atoms with van der Waals surface area (Å²) in [5.41, 5.74) is 0.983. The quantitative estimate of drug-likeness (QED) is 0.433. The Hall–Kier alpha value is -2.88. The van der Waals surface area contributed by atoms with Gasteiger partial charge >= 0.3 is 6.18 Å². The SMILES string of the molecule is O=C1CCCN1CCCNc1nc(Cl)nc2c1ncn2Cc1ccc(C(F)(F)F)cc1. The predicted octanol–water partition coefficient (Wildman–Crippen LogP) is 3.97. The summed E-state index contributed by atoms with van der Waals surface area (Å²) < 4.78 is 40.0. The largest absolute Gasteiger partial charge is 0.416 e. The average molecular weight is 453 g/mol. The highest BCUT2D eigenvalue weighted by Gasteiger charge is 2.30. The van der Waals surface area contributed by atoms with Crippen LogP contribution in [-0.2, 0) is 17.5 Å². The van der Waals surface area contributed by atoms with E-state index in [9.17, 15) is 18.0 Å². The summed E-state index contributed by atoms with van der Waals surface area (Å²) in [7, 11) is 0. The normalized spacial score (nSPS) is 14.6. The van der Waals surface area contributed by atoms with Gasteiger partial charge in [-0.05, 0) is 42.1 Å². The van der Waals surface area contributed by atoms with Crippen molar-refractivity contribution in [3.8, 4) is 0 Å². The lowest BCUT2D eigenvalue weighted by Gasteiger charge is -2.15. The second-order valence-electron chi connectivity index (χ2n) is 7.35. The zero-order chi connectivity index (χ0) is 22.0. The van der Waals surface area contributed by atoms with E-state index in [0.717, 1.165) is 31.5 Å². The number of hydrogen-bond donors (Lipinski definition) is 1. The first-order valence-corrected chi connectivity index (χ1v) is 10.3. The van der Waals surface area contributed by atoms with Crippen LogP contribution in [0.5, 0.6) is 0 Å². The molecule has 1 fully saturated rings. The third-order valence-corrected chi connectivity index (χ3v) is 5.31. The molecule has 1 aliphatic rings. The van der Waals surface area contributed by atoms with Crippen molar-refractivity contribution in [3.05, 3.63) is 47.0 Å². The molecule has 0 atom stereocenters. The van der Waals surface area contributed by atoms with Gasteiger partial charge in [-0.25, -0.2) is 4.98 Å². The molecule has 0 unspecified atom stereocenters. The highest BCUT2D eigenvalue weighted by molar-refractivity contribution is 6.28. The molecule has 1 N–H and O–H groups in total. The number of anilines is 1. The number of halogens is 4. The number of carbonyl (C=O) groups excluding carboxylic acids is 1. The second-order valence-corrected chi connectivity index (χ2v) is 7.68. The molecule has 0 bridgehead atoms. The Morgan fingerprint density at radius 3 is 2.61 bits per heavy atom. The fourth-order valence-corrected chi connectivity index (χ4v) is 3.73. The van der Waals surface area contributed by atoms with Crippen LogP contribution in [-0.4, -0.2) is 50.0 Å². The van der Waals surface area contributed by atoms with Crippen molar-refractivity contribution in [2.45, 2.75) is 32.0 Å². The summed E-state index contributed by atoms with van der Waals surface area (Å²) in [6.45, 7) is 2.35. The number of nitrogens with zero attached hydrogens (tertiary/aromatic N) is 5. The van der Waals surface area contributed by atoms with Gasteiger partial charge in [0.2, 0.25) is 11.2 Å². The molecule has 31 heavy (non-hydrogen) atoms. The molecule has 4 rings (SSSR count). The fraction of sp³-hybridized carbons (Fsp3) is 0.400. The highest BCUT2D eigenvalue weighted by Crippen LogP contribution is 2.29. The molecule has 164 valence electrons. The number of nitrogens with one attached hydrogen (secondary N) is 1. The van der Waals surface area contributed by atoms with Gasteiger partial charge in [0.1, 0.15) is 0 Å². The monoisotopic (exact) mass is 452 g/mol. The topological polar surface area (TPSA) is 75.9 Å². The van der Waals surface area contributed by atoms with Crippen LogP contribution in [0.1, 0.15) is 30.4 Å². The summed E-state index contributed by atoms with van der Waals surface area (Å²) >= 11 is 6.08. The summed E-state index contributed by atoms with van der Waals surface area (Å²) in [4.78, 5) is 26.3. The van der Waals surface area contributed by atoms with Gasteiger partial charge in [0, 0.05) is 26.1 Å². The highest BCUT2D eigenvalue weighted by atomic mass is 35.5. The van der Waals surface area contributed by atoms with Crippen LogP contribution in [0, 0.1) is 0 Å². The van der Waals surface area contributed by atoms with Crippen molar-refractivity contribution in [1.82, 2.24) is 24.4 Å². The molecule has 2 aromatic heterocycles. The van der Waals surface area contributed by atoms with Crippen LogP contribution in [0.25, 0.3) is 11.2 Å². The molecule has 3 aromatic rings. The molecule has 0 saturated carbocycles. The van der Waals surface area contributed by atoms with E-state index >= 15 is 0 Å². The first kappa shape index (κ1) is 21.4. The van der Waals surface area contributed by atoms with Crippen LogP contribution in [0.15, 0.2) is 30.6 Å². The number of rotatable bonds is 7. The molecule has 7 nitrogen and oxygen atoms in total. The molecule has 0 spiro atoms. The molecule has 1 saturated heterocycles. The van der Waals surface area contributed by atoms with E-state index < -0.39 is 11.7 Å². The van der Waals surface area contributed by atoms with Crippen LogP contribution in [0.4, 0.5) is 19.0 Å². The van der Waals surface area contributed by atoms with E-state index in [1.807, 2.05) is 4.90 Å². The van der Waals surface area contributed by atoms with Gasteiger partial charge in [0.15, 0.2) is 17.0 Å². The molecule has 0 radical (unpaired) electrons. The third-order valence-electron chi connectivity index (χ3n) is 5.14. The van der Waals surface area contributed by atoms with Gasteiger partial charge in [-0.15, -0.1) is 0 Å². The lowest BCUT2D eigenvalue weighted by atomic mass is 10.1. The fourth-order valence-electron chi connectivity index (χ4n) is 3.57. The Morgan fingerprint density at radius 2 is 1.94 bits per heavy atom. The van der Waals surface area contributed by atoms with Gasteiger partial charge in [-0.2, -0.15) is 23.1 Å². The minimum atomic E-state index is -4.37. The lowest BCUT2D eigenvalue weighted by molar-refractivity contribution is -0.137. The maximum Gasteiger partial charge on any atom is 0.416 e. The summed E-state index contributed by atoms with van der Waals surface area (Å²) in [5.74, 6) is 0.670. The Kier molecular flexibility index (Phi) is 5.99. The first-order valence-electron chi connectivity index (χ1n) is 9.87. The van der Waals surface area contributed by atoms with Crippen LogP contribution >= 0.6 is 11.6 Å². The van der Waals surface area contributed by atoms with E-state index in [4.69, 9.17) is 11.6 Å². The predicted molar refractivity (Wildman–Crippen MR) is 110 cm³/mol. The Balaban J connectivity index is 1.45. The number of amides is 1. The van der Waals surface area contributed by atoms with E-state index in [2.05, 4.69) is 20.3 Å². The maximum absolute atomic E-state index is 12.8. The molecule has 1 aromatic carbocycles. The standard InChI is InChI=1S/C20H20ClF3N6O/c21-19-27-17(25-8-2-10-29-9-1-3-15(29)31)16-18(28-19)30(12-26-16)11-13-4-6-14(7-5-13)20(22,23)24/h4-7,12H,1-3,8-11H2,(H,25,27,28). The third kappa shape index (κ3) is 4.90. The van der Waals surface area contributed by atoms with E-state index in [1.165, 1.54) is 12.1 Å². The minimum absolute atomic E-state index is 0.0406. The molecular formula is C20H20ClF3N6O. The number of carbonyl (C=O) groups is 1. The molecule has 1 aliphatic heterocycles. The van der Waals surface area contributed by atoms with E-state index in [0.29, 0.717) is 48.6 Å². The van der Waals surface area contributed by atoms with Crippen molar-refractivity contribution < 1.29 is 18.0 Å². The Labute approximate surface area is 181 Å². The van der Waals surface area contributed by atoms with Crippen LogP contribution < -0.4 is 5.32 Å². The number of fused-ring (bicyclic) bond motifs is 1. The second kappa shape index (κ2) is 8.70. The number of aromatic nitrogens is 4. The van der Waals surface area contributed by atoms with Gasteiger partial charge in [0.05, 0.1) is 18.4 Å². The molecule has 0 aliphatic carbocycles. The van der Waals surface area contributed by atoms with Gasteiger partial charge in [0.25, 0.3) is 0 Å². The number of hydrogen-bond acceptors (Lipinski definition) is 5. The molecule has 3 heterocycles. The van der Waals surface area contributed by atoms with Crippen molar-refractivity contribution in [3.63, 3.8) is 0 Å². The lowest BCUT2D eigenvalue weighted by Crippen LogP contribution is -2.27. The Morgan fingerprint density at radius 1 is 1.16 bits per heavy atom. The summed E-state index contributed by atoms with van der Waals surface area (Å²) in [5, 5.41) is 3.23. The Bertz CT molecular complexity index is 1080. The summed E-state index contributed by atoms with van der Waals surface area (Å²) in [6.07, 6.45) is -0.539. The number of alkyl halides is 3. The van der Waals surface area contributed by atoms with Crippen LogP contribution in [0.2, 0.25) is 5.28 Å². The van der Waals surface area contributed by atoms with Crippen molar-refractivity contribution in [2.75, 3.05) is 25.0 Å². The number of imidazole rings is 1. The van der Waals surface area contributed by atoms with Crippen molar-refractivity contribution in [2.24, 2.45) is 0 Å². The average Bonchev–Trinajstić information content (AvgIpc) is 3.31.